The van der Waals surface area contributed by atoms with Crippen LogP contribution in [0.3, 0.4) is 0 Å². The molecule has 0 saturated carbocycles. The molecule has 3 rings (SSSR count). The van der Waals surface area contributed by atoms with Crippen LogP contribution in [0.4, 0.5) is 9.80 Å². The average molecular weight is 372 g/mol. The normalized spacial score (nSPS) is 12.3. The van der Waals surface area contributed by atoms with E-state index in [1.54, 1.807) is 0 Å². The van der Waals surface area contributed by atoms with Crippen molar-refractivity contribution in [2.45, 2.75) is 51.9 Å². The Kier molecular flexibility index (Phi) is 5.61. The van der Waals surface area contributed by atoms with Gasteiger partial charge < -0.3 is 11.5 Å². The first-order valence-corrected chi connectivity index (χ1v) is 9.97. The van der Waals surface area contributed by atoms with Gasteiger partial charge in [-0.2, -0.15) is 0 Å². The van der Waals surface area contributed by atoms with Crippen LogP contribution in [0, 0.1) is 0 Å². The number of aryl methyl sites for hydroxylation is 2. The fourth-order valence-corrected chi connectivity index (χ4v) is 4.91. The van der Waals surface area contributed by atoms with Crippen LogP contribution in [0.15, 0.2) is 18.2 Å². The van der Waals surface area contributed by atoms with Crippen LogP contribution in [0.25, 0.3) is 10.4 Å². The minimum atomic E-state index is -0.684. The summed E-state index contributed by atoms with van der Waals surface area (Å²) in [6, 6.07) is 5.95. The summed E-state index contributed by atoms with van der Waals surface area (Å²) in [6.07, 6.45) is 7.60. The molecule has 0 spiro atoms. The molecule has 0 unspecified atom stereocenters. The van der Waals surface area contributed by atoms with E-state index in [2.05, 4.69) is 30.4 Å². The third-order valence-corrected chi connectivity index (χ3v) is 6.05. The summed E-state index contributed by atoms with van der Waals surface area (Å²) in [5.41, 5.74) is 15.9. The van der Waals surface area contributed by atoms with Crippen molar-refractivity contribution in [2.75, 3.05) is 5.32 Å². The first kappa shape index (κ1) is 18.5. The van der Waals surface area contributed by atoms with Gasteiger partial charge in [0.25, 0.3) is 5.91 Å². The molecule has 1 heterocycles. The van der Waals surface area contributed by atoms with Gasteiger partial charge in [-0.25, -0.2) is 4.79 Å². The first-order chi connectivity index (χ1) is 12.5. The van der Waals surface area contributed by atoms with Gasteiger partial charge in [-0.15, -0.1) is 11.3 Å². The number of anilines is 1. The molecule has 0 radical (unpaired) electrons. The summed E-state index contributed by atoms with van der Waals surface area (Å²) in [5.74, 6) is -0.523. The molecule has 0 bridgehead atoms. The summed E-state index contributed by atoms with van der Waals surface area (Å²) in [6.45, 7) is 2.21. The Morgan fingerprint density at radius 2 is 1.96 bits per heavy atom. The van der Waals surface area contributed by atoms with Gasteiger partial charge in [0, 0.05) is 4.88 Å². The fourth-order valence-electron chi connectivity index (χ4n) is 3.61. The SMILES string of the molecule is CCCCCCc1ccc2c(c1)-c1sc(NC(N)=O)c(C(N)=O)c1CC2. The number of thiophene rings is 1. The van der Waals surface area contributed by atoms with Gasteiger partial charge in [0.1, 0.15) is 5.00 Å². The number of hydrogen-bond donors (Lipinski definition) is 3. The number of rotatable bonds is 7. The third-order valence-electron chi connectivity index (χ3n) is 4.87. The number of unbranched alkanes of at least 4 members (excludes halogenated alkanes) is 3. The summed E-state index contributed by atoms with van der Waals surface area (Å²) >= 11 is 1.39. The molecular formula is C20H25N3O2S. The Hall–Kier alpha value is -2.34. The molecule has 1 aromatic carbocycles. The van der Waals surface area contributed by atoms with Gasteiger partial charge in [0.15, 0.2) is 0 Å². The highest BCUT2D eigenvalue weighted by Gasteiger charge is 2.27. The maximum atomic E-state index is 12.0. The van der Waals surface area contributed by atoms with E-state index in [0.717, 1.165) is 35.3 Å². The van der Waals surface area contributed by atoms with Crippen molar-refractivity contribution in [2.24, 2.45) is 11.5 Å². The largest absolute Gasteiger partial charge is 0.365 e. The number of nitrogens with one attached hydrogen (secondary N) is 1. The maximum Gasteiger partial charge on any atom is 0.317 e. The number of hydrogen-bond acceptors (Lipinski definition) is 3. The quantitative estimate of drug-likeness (QED) is 0.635. The number of fused-ring (bicyclic) bond motifs is 3. The average Bonchev–Trinajstić information content (AvgIpc) is 2.96. The Morgan fingerprint density at radius 3 is 2.65 bits per heavy atom. The molecule has 5 nitrogen and oxygen atoms in total. The number of nitrogens with two attached hydrogens (primary N) is 2. The summed E-state index contributed by atoms with van der Waals surface area (Å²) in [4.78, 5) is 24.3. The molecule has 2 aromatic rings. The highest BCUT2D eigenvalue weighted by atomic mass is 32.1. The second-order valence-electron chi connectivity index (χ2n) is 6.77. The minimum absolute atomic E-state index is 0.405. The van der Waals surface area contributed by atoms with Crippen molar-refractivity contribution >= 4 is 28.3 Å². The molecule has 138 valence electrons. The molecule has 0 saturated heterocycles. The van der Waals surface area contributed by atoms with Crippen LogP contribution < -0.4 is 16.8 Å². The molecule has 1 aliphatic rings. The predicted octanol–water partition coefficient (Wildman–Crippen LogP) is 4.23. The standard InChI is InChI=1S/C20H25N3O2S/c1-2-3-4-5-6-12-7-8-13-9-10-14-16(18(21)24)19(23-20(22)25)26-17(14)15(13)11-12/h7-8,11H,2-6,9-10H2,1H3,(H2,21,24)(H3,22,23,25). The number of carbonyl (C=O) groups excluding carboxylic acids is 2. The van der Waals surface area contributed by atoms with Gasteiger partial charge in [-0.05, 0) is 47.9 Å². The summed E-state index contributed by atoms with van der Waals surface area (Å²) < 4.78 is 0. The lowest BCUT2D eigenvalue weighted by Gasteiger charge is -2.18. The molecule has 0 atom stereocenters. The molecule has 0 aliphatic heterocycles. The predicted molar refractivity (Wildman–Crippen MR) is 107 cm³/mol. The topological polar surface area (TPSA) is 98.2 Å². The lowest BCUT2D eigenvalue weighted by atomic mass is 9.87. The second-order valence-corrected chi connectivity index (χ2v) is 7.79. The van der Waals surface area contributed by atoms with E-state index in [-0.39, 0.29) is 0 Å². The molecule has 1 aromatic heterocycles. The van der Waals surface area contributed by atoms with Gasteiger partial charge in [0.05, 0.1) is 5.56 Å². The zero-order valence-corrected chi connectivity index (χ0v) is 15.9. The smallest absolute Gasteiger partial charge is 0.317 e. The summed E-state index contributed by atoms with van der Waals surface area (Å²) in [5, 5.41) is 3.02. The molecule has 26 heavy (non-hydrogen) atoms. The second kappa shape index (κ2) is 7.91. The first-order valence-electron chi connectivity index (χ1n) is 9.15. The summed E-state index contributed by atoms with van der Waals surface area (Å²) in [7, 11) is 0. The molecule has 1 aliphatic carbocycles. The minimum Gasteiger partial charge on any atom is -0.365 e. The lowest BCUT2D eigenvalue weighted by molar-refractivity contribution is 0.100. The van der Waals surface area contributed by atoms with E-state index >= 15 is 0 Å². The molecule has 6 heteroatoms. The van der Waals surface area contributed by atoms with Crippen molar-refractivity contribution in [1.82, 2.24) is 0 Å². The van der Waals surface area contributed by atoms with E-state index in [4.69, 9.17) is 11.5 Å². The Balaban J connectivity index is 1.96. The van der Waals surface area contributed by atoms with Crippen LogP contribution in [-0.2, 0) is 19.3 Å². The number of urea groups is 1. The van der Waals surface area contributed by atoms with E-state index in [1.165, 1.54) is 48.1 Å². The fraction of sp³-hybridized carbons (Fsp3) is 0.400. The van der Waals surface area contributed by atoms with E-state index in [1.807, 2.05) is 0 Å². The number of carbonyl (C=O) groups is 2. The van der Waals surface area contributed by atoms with Gasteiger partial charge >= 0.3 is 6.03 Å². The van der Waals surface area contributed by atoms with E-state index < -0.39 is 11.9 Å². The van der Waals surface area contributed by atoms with Gasteiger partial charge in [-0.1, -0.05) is 44.4 Å². The van der Waals surface area contributed by atoms with Crippen LogP contribution in [0.1, 0.15) is 59.7 Å². The maximum absolute atomic E-state index is 12.0. The van der Waals surface area contributed by atoms with Gasteiger partial charge in [-0.3, -0.25) is 10.1 Å². The highest BCUT2D eigenvalue weighted by molar-refractivity contribution is 7.20. The molecule has 5 N–H and O–H groups in total. The Labute approximate surface area is 157 Å². The number of amides is 3. The third kappa shape index (κ3) is 3.75. The van der Waals surface area contributed by atoms with Crippen molar-refractivity contribution < 1.29 is 9.59 Å². The molecular weight excluding hydrogens is 346 g/mol. The van der Waals surface area contributed by atoms with Crippen LogP contribution in [-0.4, -0.2) is 11.9 Å². The molecule has 0 fully saturated rings. The number of primary amides is 2. The Bertz CT molecular complexity index is 842. The van der Waals surface area contributed by atoms with Crippen molar-refractivity contribution in [3.63, 3.8) is 0 Å². The Morgan fingerprint density at radius 1 is 1.15 bits per heavy atom. The lowest BCUT2D eigenvalue weighted by Crippen LogP contribution is -2.22. The zero-order valence-electron chi connectivity index (χ0n) is 15.1. The monoisotopic (exact) mass is 371 g/mol. The van der Waals surface area contributed by atoms with Crippen molar-refractivity contribution in [3.05, 3.63) is 40.5 Å². The van der Waals surface area contributed by atoms with Crippen LogP contribution in [0.5, 0.6) is 0 Å². The highest BCUT2D eigenvalue weighted by Crippen LogP contribution is 2.45. The van der Waals surface area contributed by atoms with E-state index in [9.17, 15) is 9.59 Å². The van der Waals surface area contributed by atoms with Gasteiger partial charge in [0.2, 0.25) is 0 Å². The zero-order chi connectivity index (χ0) is 18.7. The number of benzene rings is 1. The van der Waals surface area contributed by atoms with E-state index in [0.29, 0.717) is 10.6 Å². The van der Waals surface area contributed by atoms with Crippen molar-refractivity contribution in [3.8, 4) is 10.4 Å². The van der Waals surface area contributed by atoms with Crippen LogP contribution in [0.2, 0.25) is 0 Å². The van der Waals surface area contributed by atoms with Crippen LogP contribution >= 0.6 is 11.3 Å². The van der Waals surface area contributed by atoms with Crippen molar-refractivity contribution in [1.29, 1.82) is 0 Å². The molecule has 3 amide bonds.